The molecule has 0 aliphatic heterocycles. The second kappa shape index (κ2) is 9.40. The number of hydrogen-bond donors (Lipinski definition) is 3. The number of carbonyl (C=O) groups excluding carboxylic acids is 2. The molecule has 2 amide bonds. The van der Waals surface area contributed by atoms with Crippen LogP contribution in [0.2, 0.25) is 0 Å². The van der Waals surface area contributed by atoms with Crippen molar-refractivity contribution in [3.63, 3.8) is 0 Å². The van der Waals surface area contributed by atoms with E-state index in [9.17, 15) is 19.5 Å². The van der Waals surface area contributed by atoms with E-state index in [-0.39, 0.29) is 30.6 Å². The number of nitrogens with one attached hydrogen (secondary N) is 2. The first kappa shape index (κ1) is 23.1. The molecule has 0 bridgehead atoms. The van der Waals surface area contributed by atoms with E-state index in [1.54, 1.807) is 0 Å². The average molecular weight is 464 g/mol. The second-order valence-corrected chi connectivity index (χ2v) is 8.14. The topological polar surface area (TPSA) is 127 Å². The predicted molar refractivity (Wildman–Crippen MR) is 123 cm³/mol. The van der Waals surface area contributed by atoms with Crippen LogP contribution in [0.4, 0.5) is 10.5 Å². The van der Waals surface area contributed by atoms with Gasteiger partial charge in [-0.15, -0.1) is 0 Å². The van der Waals surface area contributed by atoms with Gasteiger partial charge < -0.3 is 24.3 Å². The number of amides is 2. The van der Waals surface area contributed by atoms with Gasteiger partial charge in [0, 0.05) is 19.1 Å². The number of carboxylic acid groups (broad SMARTS) is 1. The number of carboxylic acids is 1. The quantitative estimate of drug-likeness (QED) is 0.462. The van der Waals surface area contributed by atoms with Crippen LogP contribution in [0.5, 0.6) is 0 Å². The minimum absolute atomic E-state index is 0.0554. The fourth-order valence-corrected chi connectivity index (χ4v) is 4.08. The number of benzene rings is 2. The summed E-state index contributed by atoms with van der Waals surface area (Å²) in [6.07, 6.45) is 0.442. The molecule has 0 spiro atoms. The highest BCUT2D eigenvalue weighted by Gasteiger charge is 2.37. The van der Waals surface area contributed by atoms with Crippen LogP contribution in [-0.2, 0) is 14.3 Å². The molecule has 0 radical (unpaired) electrons. The van der Waals surface area contributed by atoms with Crippen LogP contribution in [0.1, 0.15) is 34.5 Å². The zero-order valence-electron chi connectivity index (χ0n) is 18.7. The third-order valence-corrected chi connectivity index (χ3v) is 5.75. The molecule has 1 atom stereocenters. The highest BCUT2D eigenvalue weighted by atomic mass is 16.5. The smallest absolute Gasteiger partial charge is 0.411 e. The van der Waals surface area contributed by atoms with E-state index in [0.29, 0.717) is 0 Å². The SMILES string of the molecule is COCC(C)(NC(=O)c1occc1NC(=O)OCC1c2ccccc2-c2ccccc21)C(=O)O. The number of fused-ring (bicyclic) bond motifs is 3. The molecule has 2 aromatic carbocycles. The summed E-state index contributed by atoms with van der Waals surface area (Å²) >= 11 is 0. The van der Waals surface area contributed by atoms with E-state index < -0.39 is 23.5 Å². The van der Waals surface area contributed by atoms with Crippen LogP contribution in [0.15, 0.2) is 65.3 Å². The van der Waals surface area contributed by atoms with Gasteiger partial charge in [-0.25, -0.2) is 9.59 Å². The van der Waals surface area contributed by atoms with Gasteiger partial charge in [-0.05, 0) is 29.2 Å². The van der Waals surface area contributed by atoms with E-state index in [2.05, 4.69) is 10.6 Å². The molecule has 1 aromatic heterocycles. The van der Waals surface area contributed by atoms with Crippen molar-refractivity contribution in [1.82, 2.24) is 5.32 Å². The van der Waals surface area contributed by atoms with Crippen molar-refractivity contribution >= 4 is 23.7 Å². The standard InChI is InChI=1S/C25H24N2O7/c1-25(14-32-2,23(29)30)27-22(28)21-20(11-12-33-21)26-24(31)34-13-19-17-9-5-3-7-15(17)16-8-4-6-10-18(16)19/h3-12,19H,13-14H2,1-2H3,(H,26,31)(H,27,28)(H,29,30). The van der Waals surface area contributed by atoms with Gasteiger partial charge in [-0.3, -0.25) is 10.1 Å². The Bertz CT molecular complexity index is 1190. The van der Waals surface area contributed by atoms with Crippen LogP contribution < -0.4 is 10.6 Å². The first-order valence-corrected chi connectivity index (χ1v) is 10.6. The highest BCUT2D eigenvalue weighted by molar-refractivity contribution is 6.02. The van der Waals surface area contributed by atoms with Gasteiger partial charge in [0.2, 0.25) is 5.76 Å². The third-order valence-electron chi connectivity index (χ3n) is 5.75. The lowest BCUT2D eigenvalue weighted by Gasteiger charge is -2.24. The molecule has 176 valence electrons. The van der Waals surface area contributed by atoms with E-state index in [1.165, 1.54) is 26.4 Å². The number of ether oxygens (including phenoxy) is 2. The Morgan fingerprint density at radius 1 is 1.03 bits per heavy atom. The molecule has 0 saturated carbocycles. The summed E-state index contributed by atoms with van der Waals surface area (Å²) in [4.78, 5) is 36.7. The zero-order valence-corrected chi connectivity index (χ0v) is 18.7. The lowest BCUT2D eigenvalue weighted by atomic mass is 9.98. The largest absolute Gasteiger partial charge is 0.479 e. The lowest BCUT2D eigenvalue weighted by molar-refractivity contribution is -0.145. The van der Waals surface area contributed by atoms with Gasteiger partial charge in [-0.1, -0.05) is 48.5 Å². The summed E-state index contributed by atoms with van der Waals surface area (Å²) in [5, 5.41) is 14.3. The van der Waals surface area contributed by atoms with Gasteiger partial charge >= 0.3 is 12.1 Å². The number of aliphatic carboxylic acids is 1. The molecule has 34 heavy (non-hydrogen) atoms. The maximum absolute atomic E-state index is 12.6. The van der Waals surface area contributed by atoms with Crippen LogP contribution in [0.25, 0.3) is 11.1 Å². The van der Waals surface area contributed by atoms with Crippen molar-refractivity contribution in [2.45, 2.75) is 18.4 Å². The number of methoxy groups -OCH3 is 1. The first-order chi connectivity index (χ1) is 16.3. The maximum atomic E-state index is 12.6. The van der Waals surface area contributed by atoms with E-state index in [1.807, 2.05) is 48.5 Å². The lowest BCUT2D eigenvalue weighted by Crippen LogP contribution is -2.55. The molecule has 0 saturated heterocycles. The summed E-state index contributed by atoms with van der Waals surface area (Å²) in [6.45, 7) is 1.15. The van der Waals surface area contributed by atoms with Gasteiger partial charge in [0.1, 0.15) is 6.61 Å². The van der Waals surface area contributed by atoms with E-state index in [0.717, 1.165) is 22.3 Å². The zero-order chi connectivity index (χ0) is 24.3. The summed E-state index contributed by atoms with van der Waals surface area (Å²) in [6, 6.07) is 17.3. The summed E-state index contributed by atoms with van der Waals surface area (Å²) in [7, 11) is 1.32. The number of anilines is 1. The Morgan fingerprint density at radius 2 is 1.65 bits per heavy atom. The van der Waals surface area contributed by atoms with Crippen molar-refractivity contribution in [1.29, 1.82) is 0 Å². The van der Waals surface area contributed by atoms with Gasteiger partial charge in [0.25, 0.3) is 5.91 Å². The van der Waals surface area contributed by atoms with Gasteiger partial charge in [0.15, 0.2) is 5.54 Å². The molecule has 9 heteroatoms. The first-order valence-electron chi connectivity index (χ1n) is 10.6. The Hall–Kier alpha value is -4.11. The third kappa shape index (κ3) is 4.38. The number of rotatable bonds is 8. The van der Waals surface area contributed by atoms with Crippen molar-refractivity contribution in [3.05, 3.63) is 77.7 Å². The van der Waals surface area contributed by atoms with Gasteiger partial charge in [0.05, 0.1) is 18.6 Å². The molecular formula is C25H24N2O7. The Balaban J connectivity index is 1.43. The molecular weight excluding hydrogens is 440 g/mol. The molecule has 0 fully saturated rings. The monoisotopic (exact) mass is 464 g/mol. The van der Waals surface area contributed by atoms with E-state index >= 15 is 0 Å². The molecule has 1 heterocycles. The van der Waals surface area contributed by atoms with Crippen molar-refractivity contribution in [2.75, 3.05) is 25.6 Å². The summed E-state index contributed by atoms with van der Waals surface area (Å²) in [5.74, 6) is -2.46. The number of carbonyl (C=O) groups is 3. The molecule has 1 unspecified atom stereocenters. The predicted octanol–water partition coefficient (Wildman–Crippen LogP) is 3.86. The fourth-order valence-electron chi connectivity index (χ4n) is 4.08. The average Bonchev–Trinajstić information content (AvgIpc) is 3.40. The minimum Gasteiger partial charge on any atom is -0.479 e. The Morgan fingerprint density at radius 3 is 2.24 bits per heavy atom. The molecule has 1 aliphatic rings. The van der Waals surface area contributed by atoms with Crippen molar-refractivity contribution < 1.29 is 33.4 Å². The molecule has 3 aromatic rings. The van der Waals surface area contributed by atoms with Crippen LogP contribution in [0, 0.1) is 0 Å². The highest BCUT2D eigenvalue weighted by Crippen LogP contribution is 2.44. The number of furan rings is 1. The molecule has 3 N–H and O–H groups in total. The van der Waals surface area contributed by atoms with Crippen LogP contribution in [-0.4, -0.2) is 48.9 Å². The molecule has 4 rings (SSSR count). The van der Waals surface area contributed by atoms with Crippen molar-refractivity contribution in [2.24, 2.45) is 0 Å². The van der Waals surface area contributed by atoms with Crippen LogP contribution >= 0.6 is 0 Å². The Labute approximate surface area is 195 Å². The van der Waals surface area contributed by atoms with Crippen molar-refractivity contribution in [3.8, 4) is 11.1 Å². The Kier molecular flexibility index (Phi) is 6.38. The second-order valence-electron chi connectivity index (χ2n) is 8.14. The van der Waals surface area contributed by atoms with Gasteiger partial charge in [-0.2, -0.15) is 0 Å². The minimum atomic E-state index is -1.68. The van der Waals surface area contributed by atoms with Crippen LogP contribution in [0.3, 0.4) is 0 Å². The number of hydrogen-bond acceptors (Lipinski definition) is 6. The molecule has 9 nitrogen and oxygen atoms in total. The fraction of sp³-hybridized carbons (Fsp3) is 0.240. The van der Waals surface area contributed by atoms with E-state index in [4.69, 9.17) is 13.9 Å². The maximum Gasteiger partial charge on any atom is 0.411 e. The summed E-state index contributed by atoms with van der Waals surface area (Å²) < 4.78 is 15.6. The summed E-state index contributed by atoms with van der Waals surface area (Å²) in [5.41, 5.74) is 2.74. The molecule has 1 aliphatic carbocycles. The normalized spacial score (nSPS) is 13.9.